The third kappa shape index (κ3) is 2.30. The zero-order valence-electron chi connectivity index (χ0n) is 9.91. The van der Waals surface area contributed by atoms with Gasteiger partial charge in [-0.3, -0.25) is 4.79 Å². The van der Waals surface area contributed by atoms with E-state index in [0.717, 1.165) is 24.3 Å². The third-order valence-corrected chi connectivity index (χ3v) is 2.89. The van der Waals surface area contributed by atoms with Gasteiger partial charge in [-0.15, -0.1) is 0 Å². The Bertz CT molecular complexity index is 619. The molecule has 0 unspecified atom stereocenters. The van der Waals surface area contributed by atoms with Crippen LogP contribution >= 0.6 is 0 Å². The average molecular weight is 284 g/mol. The van der Waals surface area contributed by atoms with Crippen LogP contribution in [0.15, 0.2) is 36.4 Å². The van der Waals surface area contributed by atoms with Gasteiger partial charge in [0, 0.05) is 0 Å². The number of aldehydes is 1. The maximum absolute atomic E-state index is 13.2. The molecule has 1 N–H and O–H groups in total. The summed E-state index contributed by atoms with van der Waals surface area (Å²) in [5.41, 5.74) is -2.99. The lowest BCUT2D eigenvalue weighted by Gasteiger charge is -2.23. The van der Waals surface area contributed by atoms with E-state index in [4.69, 9.17) is 0 Å². The molecule has 0 aliphatic rings. The summed E-state index contributed by atoms with van der Waals surface area (Å²) in [6.45, 7) is 0. The van der Waals surface area contributed by atoms with E-state index in [1.54, 1.807) is 0 Å². The zero-order valence-corrected chi connectivity index (χ0v) is 9.91. The van der Waals surface area contributed by atoms with Crippen molar-refractivity contribution in [1.29, 1.82) is 0 Å². The first-order valence-corrected chi connectivity index (χ1v) is 5.48. The van der Waals surface area contributed by atoms with E-state index >= 15 is 0 Å². The number of hydrogen-bond acceptors (Lipinski definition) is 2. The summed E-state index contributed by atoms with van der Waals surface area (Å²) in [7, 11) is 0. The molecule has 0 heterocycles. The van der Waals surface area contributed by atoms with Crippen LogP contribution in [0.25, 0.3) is 0 Å². The highest BCUT2D eigenvalue weighted by atomic mass is 19.2. The van der Waals surface area contributed by atoms with E-state index in [0.29, 0.717) is 12.1 Å². The molecule has 104 valence electrons. The summed E-state index contributed by atoms with van der Waals surface area (Å²) < 4.78 is 52.0. The summed E-state index contributed by atoms with van der Waals surface area (Å²) >= 11 is 0. The smallest absolute Gasteiger partial charge is 0.170 e. The molecule has 0 saturated carbocycles. The standard InChI is InChI=1S/C14H8F4O2/c15-10-3-1-8(5-12(10)17)14(20,7-19)9-2-4-11(16)13(18)6-9/h1-7,20H. The first kappa shape index (κ1) is 14.2. The van der Waals surface area contributed by atoms with Crippen LogP contribution in [0.4, 0.5) is 17.6 Å². The Morgan fingerprint density at radius 3 is 1.50 bits per heavy atom. The molecule has 2 aromatic carbocycles. The van der Waals surface area contributed by atoms with Crippen molar-refractivity contribution in [2.45, 2.75) is 5.60 Å². The van der Waals surface area contributed by atoms with Crippen LogP contribution in [-0.4, -0.2) is 11.4 Å². The van der Waals surface area contributed by atoms with Crippen LogP contribution in [0.5, 0.6) is 0 Å². The van der Waals surface area contributed by atoms with Crippen molar-refractivity contribution in [3.05, 3.63) is 70.8 Å². The minimum absolute atomic E-state index is 0.0341. The van der Waals surface area contributed by atoms with Gasteiger partial charge in [-0.1, -0.05) is 12.1 Å². The van der Waals surface area contributed by atoms with Crippen molar-refractivity contribution in [3.63, 3.8) is 0 Å². The highest BCUT2D eigenvalue weighted by Crippen LogP contribution is 2.29. The van der Waals surface area contributed by atoms with Crippen molar-refractivity contribution in [2.75, 3.05) is 0 Å². The molecule has 0 bridgehead atoms. The molecule has 0 amide bonds. The maximum atomic E-state index is 13.2. The lowest BCUT2D eigenvalue weighted by atomic mass is 9.87. The Balaban J connectivity index is 2.60. The van der Waals surface area contributed by atoms with E-state index in [2.05, 4.69) is 0 Å². The van der Waals surface area contributed by atoms with Gasteiger partial charge in [0.15, 0.2) is 35.2 Å². The van der Waals surface area contributed by atoms with Gasteiger partial charge in [0.1, 0.15) is 0 Å². The second-order valence-electron chi connectivity index (χ2n) is 4.14. The molecular formula is C14H8F4O2. The quantitative estimate of drug-likeness (QED) is 0.695. The molecule has 2 aromatic rings. The van der Waals surface area contributed by atoms with Gasteiger partial charge in [0.05, 0.1) is 0 Å². The number of rotatable bonds is 3. The number of carbonyl (C=O) groups is 1. The molecule has 0 aliphatic carbocycles. The van der Waals surface area contributed by atoms with Crippen molar-refractivity contribution in [3.8, 4) is 0 Å². The molecule has 0 spiro atoms. The van der Waals surface area contributed by atoms with Gasteiger partial charge in [0.25, 0.3) is 0 Å². The summed E-state index contributed by atoms with van der Waals surface area (Å²) in [6, 6.07) is 4.64. The van der Waals surface area contributed by atoms with Crippen molar-refractivity contribution in [2.24, 2.45) is 0 Å². The van der Waals surface area contributed by atoms with E-state index in [1.165, 1.54) is 0 Å². The van der Waals surface area contributed by atoms with Crippen molar-refractivity contribution in [1.82, 2.24) is 0 Å². The second kappa shape index (κ2) is 5.05. The molecule has 0 atom stereocenters. The first-order valence-electron chi connectivity index (χ1n) is 5.48. The molecule has 20 heavy (non-hydrogen) atoms. The predicted octanol–water partition coefficient (Wildman–Crippen LogP) is 2.68. The molecule has 2 rings (SSSR count). The van der Waals surface area contributed by atoms with E-state index in [-0.39, 0.29) is 17.4 Å². The fourth-order valence-corrected chi connectivity index (χ4v) is 1.77. The van der Waals surface area contributed by atoms with Gasteiger partial charge in [-0.25, -0.2) is 17.6 Å². The largest absolute Gasteiger partial charge is 0.373 e. The minimum atomic E-state index is -2.40. The van der Waals surface area contributed by atoms with Crippen LogP contribution in [0.3, 0.4) is 0 Å². The Kier molecular flexibility index (Phi) is 3.59. The predicted molar refractivity (Wildman–Crippen MR) is 61.8 cm³/mol. The topological polar surface area (TPSA) is 37.3 Å². The van der Waals surface area contributed by atoms with E-state index in [9.17, 15) is 27.5 Å². The third-order valence-electron chi connectivity index (χ3n) is 2.89. The van der Waals surface area contributed by atoms with Gasteiger partial charge in [-0.05, 0) is 35.4 Å². The fourth-order valence-electron chi connectivity index (χ4n) is 1.77. The van der Waals surface area contributed by atoms with Crippen LogP contribution < -0.4 is 0 Å². The molecule has 0 saturated heterocycles. The summed E-state index contributed by atoms with van der Waals surface area (Å²) in [6.07, 6.45) is 0.0341. The summed E-state index contributed by atoms with van der Waals surface area (Å²) in [4.78, 5) is 11.1. The Morgan fingerprint density at radius 1 is 0.800 bits per heavy atom. The highest BCUT2D eigenvalue weighted by molar-refractivity contribution is 5.72. The minimum Gasteiger partial charge on any atom is -0.373 e. The van der Waals surface area contributed by atoms with Gasteiger partial charge >= 0.3 is 0 Å². The Labute approximate surface area is 111 Å². The number of carbonyl (C=O) groups excluding carboxylic acids is 1. The molecule has 6 heteroatoms. The molecule has 0 fully saturated rings. The maximum Gasteiger partial charge on any atom is 0.170 e. The SMILES string of the molecule is O=CC(O)(c1ccc(F)c(F)c1)c1ccc(F)c(F)c1. The average Bonchev–Trinajstić information content (AvgIpc) is 2.44. The monoisotopic (exact) mass is 284 g/mol. The Hall–Kier alpha value is -2.21. The number of aliphatic hydroxyl groups is 1. The molecule has 0 radical (unpaired) electrons. The number of benzene rings is 2. The van der Waals surface area contributed by atoms with E-state index < -0.39 is 28.9 Å². The summed E-state index contributed by atoms with van der Waals surface area (Å²) in [5.74, 6) is -4.87. The van der Waals surface area contributed by atoms with Crippen LogP contribution in [0.2, 0.25) is 0 Å². The van der Waals surface area contributed by atoms with Crippen LogP contribution in [0, 0.1) is 23.3 Å². The van der Waals surface area contributed by atoms with Gasteiger partial charge in [0.2, 0.25) is 0 Å². The first-order chi connectivity index (χ1) is 9.38. The van der Waals surface area contributed by atoms with Gasteiger partial charge < -0.3 is 5.11 Å². The van der Waals surface area contributed by atoms with Crippen molar-refractivity contribution >= 4 is 6.29 Å². The lowest BCUT2D eigenvalue weighted by Crippen LogP contribution is -2.29. The van der Waals surface area contributed by atoms with Crippen LogP contribution in [-0.2, 0) is 10.4 Å². The lowest BCUT2D eigenvalue weighted by molar-refractivity contribution is -0.121. The molecule has 0 aromatic heterocycles. The molecular weight excluding hydrogens is 276 g/mol. The fraction of sp³-hybridized carbons (Fsp3) is 0.0714. The number of hydrogen-bond donors (Lipinski definition) is 1. The van der Waals surface area contributed by atoms with Crippen LogP contribution in [0.1, 0.15) is 11.1 Å². The normalized spacial score (nSPS) is 11.4. The number of halogens is 4. The molecule has 0 aliphatic heterocycles. The highest BCUT2D eigenvalue weighted by Gasteiger charge is 2.32. The zero-order chi connectivity index (χ0) is 14.9. The van der Waals surface area contributed by atoms with Crippen molar-refractivity contribution < 1.29 is 27.5 Å². The Morgan fingerprint density at radius 2 is 1.20 bits per heavy atom. The second-order valence-corrected chi connectivity index (χ2v) is 4.14. The molecule has 2 nitrogen and oxygen atoms in total. The summed E-state index contributed by atoms with van der Waals surface area (Å²) in [5, 5.41) is 10.2. The van der Waals surface area contributed by atoms with E-state index in [1.807, 2.05) is 0 Å². The van der Waals surface area contributed by atoms with Gasteiger partial charge in [-0.2, -0.15) is 0 Å².